The molecule has 212 valence electrons. The van der Waals surface area contributed by atoms with Crippen LogP contribution in [0.25, 0.3) is 21.8 Å². The molecule has 0 spiro atoms. The van der Waals surface area contributed by atoms with Gasteiger partial charge in [-0.3, -0.25) is 5.32 Å². The Labute approximate surface area is 229 Å². The molecule has 3 heterocycles. The Balaban J connectivity index is 1.49. The number of fused-ring (bicyclic) bond motifs is 2. The second-order valence-electron chi connectivity index (χ2n) is 8.45. The van der Waals surface area contributed by atoms with Crippen molar-refractivity contribution >= 4 is 39.7 Å². The first kappa shape index (κ1) is 27.3. The zero-order valence-corrected chi connectivity index (χ0v) is 21.8. The maximum absolute atomic E-state index is 13.1. The molecule has 0 bridgehead atoms. The number of hydrogen-bond acceptors (Lipinski definition) is 12. The van der Waals surface area contributed by atoms with Crippen molar-refractivity contribution in [2.75, 3.05) is 26.1 Å². The molecule has 5 rings (SSSR count). The van der Waals surface area contributed by atoms with Gasteiger partial charge in [-0.1, -0.05) is 0 Å². The summed E-state index contributed by atoms with van der Waals surface area (Å²) in [7, 11) is 2.99. The lowest BCUT2D eigenvalue weighted by atomic mass is 10.1. The van der Waals surface area contributed by atoms with Gasteiger partial charge in [0.25, 0.3) is 0 Å². The van der Waals surface area contributed by atoms with E-state index < -0.39 is 18.0 Å². The van der Waals surface area contributed by atoms with Crippen LogP contribution in [0, 0.1) is 6.92 Å². The quantitative estimate of drug-likeness (QED) is 0.257. The number of alkyl halides is 3. The second kappa shape index (κ2) is 11.1. The summed E-state index contributed by atoms with van der Waals surface area (Å²) in [5.41, 5.74) is 1.23. The Kier molecular flexibility index (Phi) is 7.37. The third kappa shape index (κ3) is 6.00. The number of carbonyl (C=O) groups excluding carboxylic acids is 1. The molecule has 0 unspecified atom stereocenters. The van der Waals surface area contributed by atoms with E-state index in [0.29, 0.717) is 34.6 Å². The summed E-state index contributed by atoms with van der Waals surface area (Å²) in [5, 5.41) is 10.9. The van der Waals surface area contributed by atoms with E-state index in [9.17, 15) is 18.0 Å². The highest BCUT2D eigenvalue weighted by Crippen LogP contribution is 2.34. The number of aryl methyl sites for hydroxylation is 1. The van der Waals surface area contributed by atoms with Gasteiger partial charge in [0.1, 0.15) is 25.0 Å². The average Bonchev–Trinajstić information content (AvgIpc) is 3.45. The van der Waals surface area contributed by atoms with Crippen LogP contribution in [0.3, 0.4) is 0 Å². The van der Waals surface area contributed by atoms with E-state index in [2.05, 4.69) is 40.2 Å². The standard InChI is InChI=1S/C25H21F3N8O5/c1-13-15-9-19(38-2)20(39-3)10-18(15)33-23(31-13)35-24-32-17-5-4-14(40-7-6-36-11-29-30-12-36)8-16(17)21(34-24)41-22(37)25(26,27)28/h4-5,8-12H,6-7H2,1-3H3,(H,31,32,33,34,35). The van der Waals surface area contributed by atoms with Gasteiger partial charge in [0.15, 0.2) is 11.5 Å². The minimum Gasteiger partial charge on any atom is -0.493 e. The Morgan fingerprint density at radius 1 is 0.902 bits per heavy atom. The highest BCUT2D eigenvalue weighted by Gasteiger charge is 2.42. The topological polar surface area (TPSA) is 148 Å². The fourth-order valence-corrected chi connectivity index (χ4v) is 3.82. The number of hydrogen-bond donors (Lipinski definition) is 1. The smallest absolute Gasteiger partial charge is 0.491 e. The van der Waals surface area contributed by atoms with Crippen molar-refractivity contribution in [1.29, 1.82) is 0 Å². The van der Waals surface area contributed by atoms with Gasteiger partial charge in [0.2, 0.25) is 17.8 Å². The third-order valence-corrected chi connectivity index (χ3v) is 5.75. The molecule has 0 aliphatic carbocycles. The number of methoxy groups -OCH3 is 2. The first-order valence-electron chi connectivity index (χ1n) is 11.9. The van der Waals surface area contributed by atoms with Gasteiger partial charge in [-0.15, -0.1) is 10.2 Å². The fourth-order valence-electron chi connectivity index (χ4n) is 3.82. The van der Waals surface area contributed by atoms with Crippen molar-refractivity contribution < 1.29 is 36.9 Å². The van der Waals surface area contributed by atoms with E-state index in [0.717, 1.165) is 0 Å². The Hall–Kier alpha value is -5.28. The minimum absolute atomic E-state index is 0.0161. The number of aromatic nitrogens is 7. The lowest BCUT2D eigenvalue weighted by Crippen LogP contribution is -2.28. The number of esters is 1. The molecule has 0 fully saturated rings. The molecule has 16 heteroatoms. The van der Waals surface area contributed by atoms with Crippen LogP contribution in [0.1, 0.15) is 5.69 Å². The molecule has 41 heavy (non-hydrogen) atoms. The largest absolute Gasteiger partial charge is 0.493 e. The Morgan fingerprint density at radius 2 is 1.59 bits per heavy atom. The fraction of sp³-hybridized carbons (Fsp3) is 0.240. The Bertz CT molecular complexity index is 1730. The number of benzene rings is 2. The van der Waals surface area contributed by atoms with Crippen molar-refractivity contribution in [3.63, 3.8) is 0 Å². The summed E-state index contributed by atoms with van der Waals surface area (Å²) in [6.45, 7) is 2.37. The molecule has 1 N–H and O–H groups in total. The van der Waals surface area contributed by atoms with E-state index >= 15 is 0 Å². The predicted octanol–water partition coefficient (Wildman–Crippen LogP) is 3.78. The SMILES string of the molecule is COc1cc2nc(Nc3nc(OC(=O)C(F)(F)F)c4cc(OCCn5cnnc5)ccc4n3)nc(C)c2cc1OC. The number of ether oxygens (including phenoxy) is 4. The number of carbonyl (C=O) groups is 1. The number of anilines is 2. The van der Waals surface area contributed by atoms with Gasteiger partial charge < -0.3 is 23.5 Å². The van der Waals surface area contributed by atoms with Crippen molar-refractivity contribution in [2.24, 2.45) is 0 Å². The predicted molar refractivity (Wildman–Crippen MR) is 137 cm³/mol. The van der Waals surface area contributed by atoms with Crippen LogP contribution in [-0.4, -0.2) is 67.7 Å². The summed E-state index contributed by atoms with van der Waals surface area (Å²) in [6, 6.07) is 7.81. The van der Waals surface area contributed by atoms with E-state index in [-0.39, 0.29) is 35.2 Å². The molecule has 2 aromatic carbocycles. The van der Waals surface area contributed by atoms with Gasteiger partial charge in [-0.05, 0) is 31.2 Å². The van der Waals surface area contributed by atoms with Gasteiger partial charge in [0, 0.05) is 11.5 Å². The molecule has 0 saturated heterocycles. The summed E-state index contributed by atoms with van der Waals surface area (Å²) < 4.78 is 61.8. The highest BCUT2D eigenvalue weighted by molar-refractivity contribution is 5.90. The van der Waals surface area contributed by atoms with Gasteiger partial charge in [-0.25, -0.2) is 19.7 Å². The molecule has 0 aliphatic rings. The van der Waals surface area contributed by atoms with Crippen molar-refractivity contribution in [3.05, 3.63) is 48.7 Å². The number of nitrogens with one attached hydrogen (secondary N) is 1. The Morgan fingerprint density at radius 3 is 2.29 bits per heavy atom. The van der Waals surface area contributed by atoms with Gasteiger partial charge in [0.05, 0.1) is 42.9 Å². The maximum atomic E-state index is 13.1. The number of halogens is 3. The zero-order chi connectivity index (χ0) is 29.1. The summed E-state index contributed by atoms with van der Waals surface area (Å²) in [4.78, 5) is 28.9. The van der Waals surface area contributed by atoms with Crippen molar-refractivity contribution in [2.45, 2.75) is 19.6 Å². The van der Waals surface area contributed by atoms with Crippen LogP contribution in [-0.2, 0) is 11.3 Å². The number of rotatable bonds is 9. The molecule has 0 atom stereocenters. The third-order valence-electron chi connectivity index (χ3n) is 5.75. The van der Waals surface area contributed by atoms with E-state index in [4.69, 9.17) is 14.2 Å². The minimum atomic E-state index is -5.25. The van der Waals surface area contributed by atoms with Crippen LogP contribution in [0.2, 0.25) is 0 Å². The zero-order valence-electron chi connectivity index (χ0n) is 21.8. The van der Waals surface area contributed by atoms with Gasteiger partial charge in [-0.2, -0.15) is 18.2 Å². The molecule has 5 aromatic rings. The van der Waals surface area contributed by atoms with Crippen molar-refractivity contribution in [3.8, 4) is 23.1 Å². The molecular weight excluding hydrogens is 549 g/mol. The summed E-state index contributed by atoms with van der Waals surface area (Å²) in [5.74, 6) is -2.02. The van der Waals surface area contributed by atoms with Crippen LogP contribution in [0.4, 0.5) is 25.1 Å². The monoisotopic (exact) mass is 570 g/mol. The molecule has 0 saturated carbocycles. The highest BCUT2D eigenvalue weighted by atomic mass is 19.4. The lowest BCUT2D eigenvalue weighted by molar-refractivity contribution is -0.189. The van der Waals surface area contributed by atoms with Gasteiger partial charge >= 0.3 is 12.1 Å². The van der Waals surface area contributed by atoms with Crippen LogP contribution < -0.4 is 24.3 Å². The molecule has 13 nitrogen and oxygen atoms in total. The molecule has 0 amide bonds. The summed E-state index contributed by atoms with van der Waals surface area (Å²) >= 11 is 0. The normalized spacial score (nSPS) is 11.5. The van der Waals surface area contributed by atoms with E-state index in [1.165, 1.54) is 39.0 Å². The maximum Gasteiger partial charge on any atom is 0.491 e. The summed E-state index contributed by atoms with van der Waals surface area (Å²) in [6.07, 6.45) is -2.24. The van der Waals surface area contributed by atoms with E-state index in [1.807, 2.05) is 0 Å². The molecule has 0 radical (unpaired) electrons. The average molecular weight is 570 g/mol. The number of nitrogens with zero attached hydrogens (tertiary/aromatic N) is 7. The molecule has 3 aromatic heterocycles. The van der Waals surface area contributed by atoms with Crippen LogP contribution >= 0.6 is 0 Å². The molecular formula is C25H21F3N8O5. The first-order valence-corrected chi connectivity index (χ1v) is 11.9. The lowest BCUT2D eigenvalue weighted by Gasteiger charge is -2.13. The van der Waals surface area contributed by atoms with Crippen LogP contribution in [0.15, 0.2) is 43.0 Å². The molecule has 0 aliphatic heterocycles. The van der Waals surface area contributed by atoms with Crippen molar-refractivity contribution in [1.82, 2.24) is 34.7 Å². The second-order valence-corrected chi connectivity index (χ2v) is 8.45. The van der Waals surface area contributed by atoms with Crippen LogP contribution in [0.5, 0.6) is 23.1 Å². The van der Waals surface area contributed by atoms with E-state index in [1.54, 1.807) is 29.7 Å². The first-order chi connectivity index (χ1) is 19.6.